The summed E-state index contributed by atoms with van der Waals surface area (Å²) in [5.74, 6) is -0.537. The van der Waals surface area contributed by atoms with Gasteiger partial charge in [0.15, 0.2) is 0 Å². The van der Waals surface area contributed by atoms with E-state index in [0.717, 1.165) is 0 Å². The Kier molecular flexibility index (Phi) is 8.99. The highest BCUT2D eigenvalue weighted by molar-refractivity contribution is 5.76. The Morgan fingerprint density at radius 3 is 1.88 bits per heavy atom. The highest BCUT2D eigenvalue weighted by Gasteiger charge is 2.13. The van der Waals surface area contributed by atoms with Gasteiger partial charge in [0.1, 0.15) is 11.9 Å². The van der Waals surface area contributed by atoms with Crippen LogP contribution >= 0.6 is 0 Å². The van der Waals surface area contributed by atoms with Gasteiger partial charge in [-0.25, -0.2) is 4.79 Å². The Balaban J connectivity index is 0. The zero-order valence-electron chi connectivity index (χ0n) is 10.6. The second-order valence-electron chi connectivity index (χ2n) is 4.12. The van der Waals surface area contributed by atoms with Crippen LogP contribution in [0.25, 0.3) is 0 Å². The van der Waals surface area contributed by atoms with E-state index in [1.807, 2.05) is 0 Å². The number of Topliss-reactive ketones (excluding diaryl/α,β-unsaturated/α-hetero) is 1. The number of ketones is 1. The fourth-order valence-electron chi connectivity index (χ4n) is 0.872. The first-order chi connectivity index (χ1) is 7.10. The fourth-order valence-corrected chi connectivity index (χ4v) is 0.872. The van der Waals surface area contributed by atoms with Gasteiger partial charge in [0.05, 0.1) is 12.2 Å². The van der Waals surface area contributed by atoms with E-state index in [2.05, 4.69) is 4.74 Å². The number of aliphatic hydroxyl groups is 2. The molecule has 0 radical (unpaired) electrons. The molecule has 0 bridgehead atoms. The number of aliphatic hydroxyl groups excluding tert-OH is 1. The summed E-state index contributed by atoms with van der Waals surface area (Å²) in [5, 5.41) is 17.4. The van der Waals surface area contributed by atoms with Gasteiger partial charge >= 0.3 is 5.97 Å². The average Bonchev–Trinajstić information content (AvgIpc) is 2.00. The summed E-state index contributed by atoms with van der Waals surface area (Å²) in [5.41, 5.74) is -0.828. The van der Waals surface area contributed by atoms with Crippen LogP contribution in [-0.2, 0) is 14.3 Å². The molecule has 0 rings (SSSR count). The first kappa shape index (κ1) is 17.5. The maximum absolute atomic E-state index is 10.3. The Labute approximate surface area is 96.4 Å². The van der Waals surface area contributed by atoms with Gasteiger partial charge < -0.3 is 14.9 Å². The zero-order chi connectivity index (χ0) is 13.4. The van der Waals surface area contributed by atoms with Crippen LogP contribution in [0.3, 0.4) is 0 Å². The zero-order valence-corrected chi connectivity index (χ0v) is 10.6. The Morgan fingerprint density at radius 2 is 1.81 bits per heavy atom. The Morgan fingerprint density at radius 1 is 1.38 bits per heavy atom. The van der Waals surface area contributed by atoms with Gasteiger partial charge in [-0.2, -0.15) is 0 Å². The molecule has 16 heavy (non-hydrogen) atoms. The molecule has 0 spiro atoms. The molecule has 1 unspecified atom stereocenters. The summed E-state index contributed by atoms with van der Waals surface area (Å²) in [6.07, 6.45) is -0.748. The van der Waals surface area contributed by atoms with Crippen LogP contribution in [0.5, 0.6) is 0 Å². The standard InChI is InChI=1S/C6H12O2.C5H10O3/c1-5(7)4-6(2,3)8;1-3-8-5(7)4(2)6/h8H,4H2,1-3H3;4,6H,3H2,1-2H3. The molecule has 5 nitrogen and oxygen atoms in total. The summed E-state index contributed by atoms with van der Waals surface area (Å²) < 4.78 is 4.41. The number of hydrogen-bond donors (Lipinski definition) is 2. The van der Waals surface area contributed by atoms with Crippen molar-refractivity contribution in [2.24, 2.45) is 0 Å². The van der Waals surface area contributed by atoms with Crippen molar-refractivity contribution >= 4 is 11.8 Å². The molecule has 0 heterocycles. The molecule has 0 amide bonds. The largest absolute Gasteiger partial charge is 0.464 e. The van der Waals surface area contributed by atoms with E-state index < -0.39 is 17.7 Å². The van der Waals surface area contributed by atoms with Crippen molar-refractivity contribution in [2.75, 3.05) is 6.61 Å². The van der Waals surface area contributed by atoms with Crippen molar-refractivity contribution in [3.05, 3.63) is 0 Å². The van der Waals surface area contributed by atoms with Gasteiger partial charge in [-0.3, -0.25) is 4.79 Å². The van der Waals surface area contributed by atoms with Crippen molar-refractivity contribution in [1.82, 2.24) is 0 Å². The third-order valence-electron chi connectivity index (χ3n) is 1.31. The summed E-state index contributed by atoms with van der Waals surface area (Å²) in [4.78, 5) is 20.6. The van der Waals surface area contributed by atoms with E-state index in [-0.39, 0.29) is 12.2 Å². The second-order valence-corrected chi connectivity index (χ2v) is 4.12. The molecule has 0 aromatic carbocycles. The molecule has 0 saturated carbocycles. The molecule has 0 saturated heterocycles. The number of carbonyl (C=O) groups is 2. The third kappa shape index (κ3) is 15.5. The summed E-state index contributed by atoms with van der Waals surface area (Å²) in [7, 11) is 0. The number of rotatable bonds is 4. The number of hydrogen-bond acceptors (Lipinski definition) is 5. The molecule has 2 N–H and O–H groups in total. The lowest BCUT2D eigenvalue weighted by molar-refractivity contribution is -0.151. The third-order valence-corrected chi connectivity index (χ3v) is 1.31. The van der Waals surface area contributed by atoms with Gasteiger partial charge in [0.25, 0.3) is 0 Å². The monoisotopic (exact) mass is 234 g/mol. The minimum absolute atomic E-state index is 0.0255. The smallest absolute Gasteiger partial charge is 0.334 e. The number of esters is 1. The first-order valence-electron chi connectivity index (χ1n) is 5.16. The molecule has 0 aromatic heterocycles. The predicted octanol–water partition coefficient (Wildman–Crippen LogP) is 0.667. The van der Waals surface area contributed by atoms with Gasteiger partial charge in [-0.15, -0.1) is 0 Å². The maximum atomic E-state index is 10.3. The van der Waals surface area contributed by atoms with Crippen molar-refractivity contribution in [3.63, 3.8) is 0 Å². The van der Waals surface area contributed by atoms with Crippen LogP contribution in [0.4, 0.5) is 0 Å². The molecule has 0 fully saturated rings. The molecule has 5 heteroatoms. The van der Waals surface area contributed by atoms with Gasteiger partial charge in [0, 0.05) is 6.42 Å². The van der Waals surface area contributed by atoms with Crippen LogP contribution in [0.1, 0.15) is 41.0 Å². The molecule has 0 aliphatic carbocycles. The van der Waals surface area contributed by atoms with Crippen LogP contribution in [-0.4, -0.2) is 40.3 Å². The molecule has 1 atom stereocenters. The molecule has 0 aliphatic heterocycles. The summed E-state index contributed by atoms with van der Waals surface area (Å²) in [6.45, 7) is 8.10. The summed E-state index contributed by atoms with van der Waals surface area (Å²) >= 11 is 0. The topological polar surface area (TPSA) is 83.8 Å². The SMILES string of the molecule is CC(=O)CC(C)(C)O.CCOC(=O)C(C)O. The van der Waals surface area contributed by atoms with Gasteiger partial charge in [0.2, 0.25) is 0 Å². The average molecular weight is 234 g/mol. The maximum Gasteiger partial charge on any atom is 0.334 e. The highest BCUT2D eigenvalue weighted by Crippen LogP contribution is 2.06. The van der Waals surface area contributed by atoms with Crippen molar-refractivity contribution < 1.29 is 24.5 Å². The molecule has 0 aliphatic rings. The van der Waals surface area contributed by atoms with E-state index in [4.69, 9.17) is 10.2 Å². The fraction of sp³-hybridized carbons (Fsp3) is 0.818. The second kappa shape index (κ2) is 8.24. The molecule has 96 valence electrons. The van der Waals surface area contributed by atoms with Gasteiger partial charge in [-0.05, 0) is 34.6 Å². The number of ether oxygens (including phenoxy) is 1. The lowest BCUT2D eigenvalue weighted by atomic mass is 10.0. The first-order valence-corrected chi connectivity index (χ1v) is 5.16. The normalized spacial score (nSPS) is 12.2. The van der Waals surface area contributed by atoms with Crippen LogP contribution in [0.2, 0.25) is 0 Å². The lowest BCUT2D eigenvalue weighted by Crippen LogP contribution is -2.21. The van der Waals surface area contributed by atoms with E-state index >= 15 is 0 Å². The highest BCUT2D eigenvalue weighted by atomic mass is 16.5. The van der Waals surface area contributed by atoms with Crippen molar-refractivity contribution in [2.45, 2.75) is 52.7 Å². The van der Waals surface area contributed by atoms with Crippen molar-refractivity contribution in [1.29, 1.82) is 0 Å². The number of carbonyl (C=O) groups excluding carboxylic acids is 2. The van der Waals surface area contributed by atoms with Crippen LogP contribution in [0.15, 0.2) is 0 Å². The Bertz CT molecular complexity index is 215. The minimum atomic E-state index is -0.991. The van der Waals surface area contributed by atoms with Crippen molar-refractivity contribution in [3.8, 4) is 0 Å². The quantitative estimate of drug-likeness (QED) is 0.698. The molecular weight excluding hydrogens is 212 g/mol. The Hall–Kier alpha value is -0.940. The van der Waals surface area contributed by atoms with E-state index in [9.17, 15) is 9.59 Å². The van der Waals surface area contributed by atoms with E-state index in [0.29, 0.717) is 6.61 Å². The van der Waals surface area contributed by atoms with Gasteiger partial charge in [-0.1, -0.05) is 0 Å². The predicted molar refractivity (Wildman–Crippen MR) is 59.9 cm³/mol. The van der Waals surface area contributed by atoms with Crippen LogP contribution in [0, 0.1) is 0 Å². The minimum Gasteiger partial charge on any atom is -0.464 e. The molecular formula is C11H22O5. The van der Waals surface area contributed by atoms with E-state index in [1.54, 1.807) is 20.8 Å². The lowest BCUT2D eigenvalue weighted by Gasteiger charge is -2.13. The van der Waals surface area contributed by atoms with Crippen LogP contribution < -0.4 is 0 Å². The molecule has 0 aromatic rings. The summed E-state index contributed by atoms with van der Waals surface area (Å²) in [6, 6.07) is 0. The van der Waals surface area contributed by atoms with E-state index in [1.165, 1.54) is 13.8 Å².